The van der Waals surface area contributed by atoms with E-state index in [9.17, 15) is 13.2 Å². The van der Waals surface area contributed by atoms with E-state index in [1.165, 1.54) is 0 Å². The van der Waals surface area contributed by atoms with Crippen LogP contribution in [0.1, 0.15) is 0 Å². The molecule has 0 radical (unpaired) electrons. The summed E-state index contributed by atoms with van der Waals surface area (Å²) in [5.41, 5.74) is 0. The Kier molecular flexibility index (Phi) is 1.68. The van der Waals surface area contributed by atoms with Crippen LogP contribution in [0, 0.1) is 0 Å². The molecule has 0 spiro atoms. The molecule has 0 saturated heterocycles. The van der Waals surface area contributed by atoms with Crippen molar-refractivity contribution < 1.29 is 13.2 Å². The Hall–Kier alpha value is -0.670. The van der Waals surface area contributed by atoms with Crippen molar-refractivity contribution in [2.75, 3.05) is 0 Å². The molecule has 0 saturated carbocycles. The van der Waals surface area contributed by atoms with E-state index in [0.717, 1.165) is 5.32 Å². The van der Waals surface area contributed by atoms with Gasteiger partial charge in [0.15, 0.2) is 0 Å². The average Bonchev–Trinajstić information content (AvgIpc) is 1.30. The van der Waals surface area contributed by atoms with Gasteiger partial charge in [0.25, 0.3) is 0 Å². The Bertz CT molecular complexity index is 65.1. The van der Waals surface area contributed by atoms with E-state index < -0.39 is 6.30 Å². The van der Waals surface area contributed by atoms with Gasteiger partial charge >= 0.3 is 6.30 Å². The first kappa shape index (κ1) is 6.33. The summed E-state index contributed by atoms with van der Waals surface area (Å²) in [6.45, 7) is 2.81. The molecule has 0 rings (SSSR count). The fourth-order valence-electron chi connectivity index (χ4n) is 0.116. The number of nitrogens with one attached hydrogen (secondary N) is 1. The molecule has 0 unspecified atom stereocenters. The molecule has 0 aliphatic rings. The van der Waals surface area contributed by atoms with Gasteiger partial charge in [0, 0.05) is 0 Å². The van der Waals surface area contributed by atoms with Crippen LogP contribution in [0.3, 0.4) is 0 Å². The highest BCUT2D eigenvalue weighted by molar-refractivity contribution is 4.63. The van der Waals surface area contributed by atoms with Gasteiger partial charge in [-0.25, -0.2) is 0 Å². The van der Waals surface area contributed by atoms with Crippen LogP contribution in [-0.2, 0) is 0 Å². The van der Waals surface area contributed by atoms with Gasteiger partial charge in [-0.15, -0.1) is 0 Å². The molecule has 0 aromatic rings. The van der Waals surface area contributed by atoms with E-state index >= 15 is 0 Å². The number of halogens is 3. The van der Waals surface area contributed by atoms with Crippen molar-refractivity contribution in [2.24, 2.45) is 0 Å². The molecule has 1 nitrogen and oxygen atoms in total. The lowest BCUT2D eigenvalue weighted by molar-refractivity contribution is -0.146. The van der Waals surface area contributed by atoms with Crippen molar-refractivity contribution in [3.63, 3.8) is 0 Å². The molecule has 0 aliphatic heterocycles. The predicted molar refractivity (Wildman–Crippen MR) is 19.4 cm³/mol. The smallest absolute Gasteiger partial charge is 0.305 e. The zero-order valence-electron chi connectivity index (χ0n) is 3.42. The van der Waals surface area contributed by atoms with Crippen LogP contribution < -0.4 is 5.32 Å². The summed E-state index contributed by atoms with van der Waals surface area (Å²) in [7, 11) is 0. The van der Waals surface area contributed by atoms with Gasteiger partial charge in [-0.2, -0.15) is 13.2 Å². The predicted octanol–water partition coefficient (Wildman–Crippen LogP) is 1.24. The first-order chi connectivity index (χ1) is 3.06. The van der Waals surface area contributed by atoms with Gasteiger partial charge in [0.1, 0.15) is 0 Å². The summed E-state index contributed by atoms with van der Waals surface area (Å²) in [5, 5.41) is 1.05. The van der Waals surface area contributed by atoms with Gasteiger partial charge in [-0.3, -0.25) is 0 Å². The molecule has 7 heavy (non-hydrogen) atoms. The van der Waals surface area contributed by atoms with Gasteiger partial charge in [-0.05, 0) is 6.20 Å². The van der Waals surface area contributed by atoms with E-state index in [0.29, 0.717) is 6.20 Å². The zero-order chi connectivity index (χ0) is 5.91. The van der Waals surface area contributed by atoms with Crippen molar-refractivity contribution in [2.45, 2.75) is 6.30 Å². The fourth-order valence-corrected chi connectivity index (χ4v) is 0.116. The molecule has 0 aromatic carbocycles. The van der Waals surface area contributed by atoms with E-state index in [4.69, 9.17) is 0 Å². The Morgan fingerprint density at radius 1 is 1.43 bits per heavy atom. The van der Waals surface area contributed by atoms with E-state index in [1.54, 1.807) is 0 Å². The second-order valence-electron chi connectivity index (χ2n) is 0.846. The van der Waals surface area contributed by atoms with Crippen LogP contribution in [0.15, 0.2) is 12.8 Å². The molecule has 42 valence electrons. The third kappa shape index (κ3) is 5.33. The highest BCUT2D eigenvalue weighted by atomic mass is 19.4. The number of alkyl halides is 3. The molecule has 0 heterocycles. The summed E-state index contributed by atoms with van der Waals surface area (Å²) in [6, 6.07) is 0. The number of hydrogen-bond acceptors (Lipinski definition) is 1. The molecule has 0 fully saturated rings. The SMILES string of the molecule is C=CNC(F)(F)F. The van der Waals surface area contributed by atoms with Crippen LogP contribution in [0.5, 0.6) is 0 Å². The van der Waals surface area contributed by atoms with Gasteiger partial charge < -0.3 is 5.32 Å². The molecule has 4 heteroatoms. The highest BCUT2D eigenvalue weighted by Gasteiger charge is 2.23. The van der Waals surface area contributed by atoms with Crippen molar-refractivity contribution >= 4 is 0 Å². The standard InChI is InChI=1S/C3H4F3N/c1-2-7-3(4,5)6/h2,7H,1H2. The molecule has 0 bridgehead atoms. The minimum absolute atomic E-state index is 0.583. The third-order valence-electron chi connectivity index (χ3n) is 0.266. The van der Waals surface area contributed by atoms with E-state index in [2.05, 4.69) is 6.58 Å². The van der Waals surface area contributed by atoms with Gasteiger partial charge in [-0.1, -0.05) is 6.58 Å². The number of rotatable bonds is 1. The quantitative estimate of drug-likeness (QED) is 0.502. The Labute approximate surface area is 38.8 Å². The first-order valence-electron chi connectivity index (χ1n) is 1.51. The van der Waals surface area contributed by atoms with Crippen molar-refractivity contribution in [3.05, 3.63) is 12.8 Å². The normalized spacial score (nSPS) is 10.7. The summed E-state index contributed by atoms with van der Waals surface area (Å²) in [6.07, 6.45) is -3.73. The summed E-state index contributed by atoms with van der Waals surface area (Å²) in [4.78, 5) is 0. The minimum atomic E-state index is -4.32. The lowest BCUT2D eigenvalue weighted by Crippen LogP contribution is -2.25. The molecule has 0 aromatic heterocycles. The lowest BCUT2D eigenvalue weighted by Gasteiger charge is -2.01. The largest absolute Gasteiger partial charge is 0.481 e. The first-order valence-corrected chi connectivity index (χ1v) is 1.51. The second kappa shape index (κ2) is 1.86. The molecule has 0 amide bonds. The van der Waals surface area contributed by atoms with Crippen LogP contribution in [0.2, 0.25) is 0 Å². The molecule has 0 atom stereocenters. The van der Waals surface area contributed by atoms with Crippen LogP contribution in [0.4, 0.5) is 13.2 Å². The molecular formula is C3H4F3N. The maximum absolute atomic E-state index is 10.9. The Morgan fingerprint density at radius 3 is 1.86 bits per heavy atom. The average molecular weight is 111 g/mol. The third-order valence-corrected chi connectivity index (χ3v) is 0.266. The summed E-state index contributed by atoms with van der Waals surface area (Å²) in [5.74, 6) is 0. The van der Waals surface area contributed by atoms with Crippen molar-refractivity contribution in [1.29, 1.82) is 0 Å². The molecular weight excluding hydrogens is 107 g/mol. The van der Waals surface area contributed by atoms with Gasteiger partial charge in [0.2, 0.25) is 0 Å². The van der Waals surface area contributed by atoms with Crippen molar-refractivity contribution in [3.8, 4) is 0 Å². The fraction of sp³-hybridized carbons (Fsp3) is 0.333. The molecule has 0 aliphatic carbocycles. The zero-order valence-corrected chi connectivity index (χ0v) is 3.42. The topological polar surface area (TPSA) is 12.0 Å². The van der Waals surface area contributed by atoms with Crippen LogP contribution in [0.25, 0.3) is 0 Å². The van der Waals surface area contributed by atoms with Gasteiger partial charge in [0.05, 0.1) is 0 Å². The Balaban J connectivity index is 3.34. The summed E-state index contributed by atoms with van der Waals surface area (Å²) >= 11 is 0. The molecule has 1 N–H and O–H groups in total. The van der Waals surface area contributed by atoms with E-state index in [-0.39, 0.29) is 0 Å². The second-order valence-corrected chi connectivity index (χ2v) is 0.846. The van der Waals surface area contributed by atoms with Crippen LogP contribution >= 0.6 is 0 Å². The Morgan fingerprint density at radius 2 is 1.86 bits per heavy atom. The minimum Gasteiger partial charge on any atom is -0.305 e. The van der Waals surface area contributed by atoms with Crippen LogP contribution in [-0.4, -0.2) is 6.30 Å². The van der Waals surface area contributed by atoms with Crippen molar-refractivity contribution in [1.82, 2.24) is 5.32 Å². The monoisotopic (exact) mass is 111 g/mol. The number of hydrogen-bond donors (Lipinski definition) is 1. The summed E-state index contributed by atoms with van der Waals surface area (Å²) < 4.78 is 32.6. The maximum Gasteiger partial charge on any atom is 0.481 e. The highest BCUT2D eigenvalue weighted by Crippen LogP contribution is 2.07. The van der Waals surface area contributed by atoms with E-state index in [1.807, 2.05) is 0 Å². The lowest BCUT2D eigenvalue weighted by atomic mass is 10.9. The maximum atomic E-state index is 10.9.